The Labute approximate surface area is 341 Å². The highest BCUT2D eigenvalue weighted by molar-refractivity contribution is 7.19. The number of carboxylic acid groups (broad SMARTS) is 1. The molecule has 6 heterocycles. The van der Waals surface area contributed by atoms with Crippen molar-refractivity contribution in [1.82, 2.24) is 44.0 Å². The van der Waals surface area contributed by atoms with E-state index in [-0.39, 0.29) is 17.7 Å². The number of aliphatic carboxylic acids is 1. The molecule has 19 heteroatoms. The zero-order chi connectivity index (χ0) is 39.0. The van der Waals surface area contributed by atoms with E-state index in [1.54, 1.807) is 47.3 Å². The summed E-state index contributed by atoms with van der Waals surface area (Å²) in [4.78, 5) is 48.1. The fourth-order valence-electron chi connectivity index (χ4n) is 7.47. The first-order valence-corrected chi connectivity index (χ1v) is 21.5. The average Bonchev–Trinajstić information content (AvgIpc) is 4.04. The molecule has 10 rings (SSSR count). The summed E-state index contributed by atoms with van der Waals surface area (Å²) in [5, 5.41) is 26.4. The van der Waals surface area contributed by atoms with Gasteiger partial charge in [0.25, 0.3) is 0 Å². The van der Waals surface area contributed by atoms with E-state index < -0.39 is 5.97 Å². The maximum Gasteiger partial charge on any atom is 0.306 e. The van der Waals surface area contributed by atoms with Crippen molar-refractivity contribution in [3.05, 3.63) is 69.9 Å². The van der Waals surface area contributed by atoms with Crippen molar-refractivity contribution < 1.29 is 19.4 Å². The van der Waals surface area contributed by atoms with E-state index in [1.807, 2.05) is 43.4 Å². The van der Waals surface area contributed by atoms with Crippen LogP contribution in [0.25, 0.3) is 40.9 Å². The van der Waals surface area contributed by atoms with E-state index >= 15 is 0 Å². The minimum absolute atomic E-state index is 0.00743. The standard InChI is InChI=1S/C21H22N6O2S2.C17H13N5O2S2/c1-27(7-8-29-2)21(28)12-3-5-14-16(9-12)30-20-18(14)19(22-11-23-20)24-13-4-6-15-17(10-13)31-26-25-15;23-17(24)8-1-3-10-12(5-8)25-16-14(10)15(18-7-19-16)20-9-2-4-11-13(6-9)26-22-21-11/h4,6,10-12H,3,5,7-9H2,1-2H3,(H,22,23,24);2,4,6-8H,1,3,5H2,(H,23,24)(H,18,19,20)/t12-;8-/m00/s1. The molecule has 15 nitrogen and oxygen atoms in total. The number of ether oxygens (including phenoxy) is 1. The summed E-state index contributed by atoms with van der Waals surface area (Å²) in [6, 6.07) is 11.9. The number of fused-ring (bicyclic) bond motifs is 8. The van der Waals surface area contributed by atoms with Gasteiger partial charge in [0.1, 0.15) is 45.0 Å². The fraction of sp³-hybridized carbons (Fsp3) is 0.316. The number of rotatable bonds is 9. The Hall–Kier alpha value is -5.34. The Kier molecular flexibility index (Phi) is 10.4. The molecule has 6 aromatic heterocycles. The number of carbonyl (C=O) groups is 2. The summed E-state index contributed by atoms with van der Waals surface area (Å²) in [6.07, 6.45) is 7.56. The van der Waals surface area contributed by atoms with Crippen molar-refractivity contribution in [2.75, 3.05) is 37.9 Å². The molecule has 8 aromatic rings. The van der Waals surface area contributed by atoms with Gasteiger partial charge < -0.3 is 25.4 Å². The number of amides is 1. The molecule has 0 unspecified atom stereocenters. The molecule has 57 heavy (non-hydrogen) atoms. The van der Waals surface area contributed by atoms with Crippen molar-refractivity contribution in [2.45, 2.75) is 38.5 Å². The van der Waals surface area contributed by atoms with E-state index in [0.717, 1.165) is 94.4 Å². The Morgan fingerprint density at radius 3 is 1.84 bits per heavy atom. The lowest BCUT2D eigenvalue weighted by atomic mass is 9.87. The third kappa shape index (κ3) is 7.48. The number of hydrogen-bond acceptors (Lipinski definition) is 17. The molecule has 0 saturated carbocycles. The lowest BCUT2D eigenvalue weighted by Gasteiger charge is -2.26. The number of aryl methyl sites for hydroxylation is 2. The summed E-state index contributed by atoms with van der Waals surface area (Å²) in [7, 11) is 3.51. The van der Waals surface area contributed by atoms with Gasteiger partial charge in [0.05, 0.1) is 32.7 Å². The maximum atomic E-state index is 12.8. The lowest BCUT2D eigenvalue weighted by molar-refractivity contribution is -0.142. The van der Waals surface area contributed by atoms with Crippen LogP contribution in [0.5, 0.6) is 0 Å². The van der Waals surface area contributed by atoms with E-state index in [4.69, 9.17) is 4.74 Å². The van der Waals surface area contributed by atoms with Crippen LogP contribution in [-0.2, 0) is 40.0 Å². The SMILES string of the molecule is COCCN(C)C(=O)[C@H]1CCc2c(sc3ncnc(Nc4ccc5nnsc5c4)c23)C1.O=C(O)[C@H]1CCc2c(sc3ncnc(Nc4ccc5nnsc5c4)c23)C1. The highest BCUT2D eigenvalue weighted by Gasteiger charge is 2.31. The molecular formula is C38H35N11O4S4. The average molecular weight is 838 g/mol. The first-order chi connectivity index (χ1) is 27.8. The minimum atomic E-state index is -0.719. The van der Waals surface area contributed by atoms with Crippen LogP contribution in [0.3, 0.4) is 0 Å². The molecule has 0 spiro atoms. The monoisotopic (exact) mass is 837 g/mol. The molecule has 2 aliphatic rings. The first-order valence-electron chi connectivity index (χ1n) is 18.3. The number of methoxy groups -OCH3 is 1. The van der Waals surface area contributed by atoms with Crippen LogP contribution in [0.15, 0.2) is 49.1 Å². The molecule has 2 aliphatic carbocycles. The Bertz CT molecular complexity index is 2780. The van der Waals surface area contributed by atoms with Crippen LogP contribution in [0.4, 0.5) is 23.0 Å². The number of benzene rings is 2. The molecule has 290 valence electrons. The third-order valence-electron chi connectivity index (χ3n) is 10.4. The van der Waals surface area contributed by atoms with Gasteiger partial charge in [0.2, 0.25) is 5.91 Å². The van der Waals surface area contributed by atoms with E-state index in [1.165, 1.54) is 39.1 Å². The molecule has 0 saturated heterocycles. The quantitative estimate of drug-likeness (QED) is 0.131. The van der Waals surface area contributed by atoms with E-state index in [0.29, 0.717) is 26.0 Å². The number of likely N-dealkylation sites (N-methyl/N-ethyl adjacent to an activating group) is 1. The minimum Gasteiger partial charge on any atom is -0.481 e. The van der Waals surface area contributed by atoms with Gasteiger partial charge in [0, 0.05) is 47.7 Å². The number of carboxylic acids is 1. The molecule has 0 radical (unpaired) electrons. The highest BCUT2D eigenvalue weighted by Crippen LogP contribution is 2.42. The van der Waals surface area contributed by atoms with E-state index in [9.17, 15) is 14.7 Å². The highest BCUT2D eigenvalue weighted by atomic mass is 32.1. The van der Waals surface area contributed by atoms with Gasteiger partial charge in [-0.2, -0.15) is 0 Å². The van der Waals surface area contributed by atoms with Gasteiger partial charge in [-0.15, -0.1) is 32.9 Å². The molecule has 0 bridgehead atoms. The zero-order valence-electron chi connectivity index (χ0n) is 30.8. The second-order valence-corrected chi connectivity index (χ2v) is 17.7. The number of nitrogens with one attached hydrogen (secondary N) is 2. The fourth-order valence-corrected chi connectivity index (χ4v) is 11.2. The van der Waals surface area contributed by atoms with Crippen molar-refractivity contribution >= 4 is 121 Å². The predicted molar refractivity (Wildman–Crippen MR) is 224 cm³/mol. The number of carbonyl (C=O) groups excluding carboxylic acids is 1. The lowest BCUT2D eigenvalue weighted by Crippen LogP contribution is -2.37. The van der Waals surface area contributed by atoms with Gasteiger partial charge in [-0.1, -0.05) is 8.98 Å². The van der Waals surface area contributed by atoms with Crippen molar-refractivity contribution in [3.63, 3.8) is 0 Å². The molecule has 3 N–H and O–H groups in total. The zero-order valence-corrected chi connectivity index (χ0v) is 34.0. The molecular weight excluding hydrogens is 803 g/mol. The molecule has 2 aromatic carbocycles. The van der Waals surface area contributed by atoms with Crippen LogP contribution < -0.4 is 10.6 Å². The second-order valence-electron chi connectivity index (χ2n) is 13.9. The number of nitrogens with zero attached hydrogens (tertiary/aromatic N) is 9. The molecule has 0 fully saturated rings. The van der Waals surface area contributed by atoms with Crippen LogP contribution in [0.2, 0.25) is 0 Å². The predicted octanol–water partition coefficient (Wildman–Crippen LogP) is 7.28. The number of aromatic nitrogens is 8. The number of hydrogen-bond donors (Lipinski definition) is 3. The summed E-state index contributed by atoms with van der Waals surface area (Å²) in [6.45, 7) is 1.17. The van der Waals surface area contributed by atoms with Crippen LogP contribution in [-0.4, -0.2) is 88.3 Å². The number of anilines is 4. The van der Waals surface area contributed by atoms with E-state index in [2.05, 4.69) is 49.7 Å². The number of thiophene rings is 2. The Morgan fingerprint density at radius 1 is 0.789 bits per heavy atom. The largest absolute Gasteiger partial charge is 0.481 e. The Balaban J connectivity index is 0.000000150. The maximum absolute atomic E-state index is 12.8. The topological polar surface area (TPSA) is 194 Å². The summed E-state index contributed by atoms with van der Waals surface area (Å²) >= 11 is 5.98. The summed E-state index contributed by atoms with van der Waals surface area (Å²) < 4.78 is 15.1. The normalized spacial score (nSPS) is 16.2. The van der Waals surface area contributed by atoms with Crippen molar-refractivity contribution in [1.29, 1.82) is 0 Å². The first kappa shape index (κ1) is 37.2. The van der Waals surface area contributed by atoms with Gasteiger partial charge in [-0.25, -0.2) is 19.9 Å². The van der Waals surface area contributed by atoms with Crippen LogP contribution in [0, 0.1) is 11.8 Å². The second kappa shape index (κ2) is 15.9. The molecule has 1 amide bonds. The van der Waals surface area contributed by atoms with Gasteiger partial charge in [-0.3, -0.25) is 9.59 Å². The van der Waals surface area contributed by atoms with Crippen molar-refractivity contribution in [2.24, 2.45) is 11.8 Å². The van der Waals surface area contributed by atoms with Gasteiger partial charge in [0.15, 0.2) is 0 Å². The summed E-state index contributed by atoms with van der Waals surface area (Å²) in [5.41, 5.74) is 6.09. The van der Waals surface area contributed by atoms with Gasteiger partial charge in [-0.05, 0) is 109 Å². The van der Waals surface area contributed by atoms with Crippen LogP contribution >= 0.6 is 45.7 Å². The molecule has 0 aliphatic heterocycles. The summed E-state index contributed by atoms with van der Waals surface area (Å²) in [5.74, 6) is 0.744. The smallest absolute Gasteiger partial charge is 0.306 e. The van der Waals surface area contributed by atoms with Crippen molar-refractivity contribution in [3.8, 4) is 0 Å². The van der Waals surface area contributed by atoms with Crippen LogP contribution in [0.1, 0.15) is 33.7 Å². The Morgan fingerprint density at radius 2 is 1.32 bits per heavy atom. The molecule has 2 atom stereocenters. The third-order valence-corrected chi connectivity index (χ3v) is 14.1. The van der Waals surface area contributed by atoms with Gasteiger partial charge >= 0.3 is 5.97 Å².